The van der Waals surface area contributed by atoms with Crippen LogP contribution in [0.4, 0.5) is 0 Å². The lowest BCUT2D eigenvalue weighted by molar-refractivity contribution is -0.186. The van der Waals surface area contributed by atoms with E-state index in [9.17, 15) is 9.59 Å². The minimum Gasteiger partial charge on any atom is -0.480 e. The molecule has 0 spiro atoms. The summed E-state index contributed by atoms with van der Waals surface area (Å²) in [5.41, 5.74) is 4.10. The van der Waals surface area contributed by atoms with E-state index in [4.69, 9.17) is 20.3 Å². The van der Waals surface area contributed by atoms with E-state index in [2.05, 4.69) is 0 Å². The van der Waals surface area contributed by atoms with Gasteiger partial charge in [-0.1, -0.05) is 6.92 Å². The van der Waals surface area contributed by atoms with Crippen LogP contribution in [0.1, 0.15) is 27.2 Å². The van der Waals surface area contributed by atoms with E-state index >= 15 is 0 Å². The predicted octanol–water partition coefficient (Wildman–Crippen LogP) is 0.393. The van der Waals surface area contributed by atoms with Gasteiger partial charge in [-0.2, -0.15) is 0 Å². The van der Waals surface area contributed by atoms with E-state index in [1.54, 1.807) is 20.8 Å². The molecule has 3 N–H and O–H groups in total. The smallest absolute Gasteiger partial charge is 0.324 e. The number of carboxylic acid groups (broad SMARTS) is 1. The molecule has 0 aromatic carbocycles. The van der Waals surface area contributed by atoms with Crippen molar-refractivity contribution >= 4 is 12.3 Å². The van der Waals surface area contributed by atoms with Crippen molar-refractivity contribution in [1.29, 1.82) is 0 Å². The highest BCUT2D eigenvalue weighted by Gasteiger charge is 2.44. The minimum absolute atomic E-state index is 0.278. The van der Waals surface area contributed by atoms with Crippen LogP contribution in [0.5, 0.6) is 0 Å². The van der Waals surface area contributed by atoms with Crippen LogP contribution in [0.2, 0.25) is 0 Å². The zero-order valence-corrected chi connectivity index (χ0v) is 10.5. The Labute approximate surface area is 101 Å². The molecule has 0 bridgehead atoms. The van der Waals surface area contributed by atoms with Crippen molar-refractivity contribution in [2.75, 3.05) is 13.2 Å². The van der Waals surface area contributed by atoms with Crippen molar-refractivity contribution in [3.8, 4) is 0 Å². The number of aliphatic carboxylic acids is 1. The van der Waals surface area contributed by atoms with Crippen LogP contribution in [0.3, 0.4) is 0 Å². The van der Waals surface area contributed by atoms with Gasteiger partial charge in [0.25, 0.3) is 0 Å². The molecule has 0 aromatic heterocycles. The fraction of sp³-hybridized carbons (Fsp3) is 0.818. The summed E-state index contributed by atoms with van der Waals surface area (Å²) in [6.45, 7) is 5.92. The quantitative estimate of drug-likeness (QED) is 0.452. The number of rotatable bonds is 9. The van der Waals surface area contributed by atoms with Gasteiger partial charge in [0.15, 0.2) is 6.29 Å². The number of hydrogen-bond acceptors (Lipinski definition) is 5. The summed E-state index contributed by atoms with van der Waals surface area (Å²) in [5.74, 6) is -1.87. The van der Waals surface area contributed by atoms with Crippen LogP contribution in [-0.4, -0.2) is 42.4 Å². The fourth-order valence-corrected chi connectivity index (χ4v) is 1.51. The highest BCUT2D eigenvalue weighted by Crippen LogP contribution is 2.24. The zero-order valence-electron chi connectivity index (χ0n) is 10.5. The summed E-state index contributed by atoms with van der Waals surface area (Å²) in [4.78, 5) is 21.7. The van der Waals surface area contributed by atoms with Crippen LogP contribution in [0, 0.1) is 5.92 Å². The maximum absolute atomic E-state index is 11.2. The van der Waals surface area contributed by atoms with E-state index in [-0.39, 0.29) is 6.42 Å². The average Bonchev–Trinajstić information content (AvgIpc) is 2.27. The molecule has 17 heavy (non-hydrogen) atoms. The SMILES string of the molecule is CCOC(OCC)C(C)C(N)(CC=O)C(=O)O. The molecule has 0 fully saturated rings. The van der Waals surface area contributed by atoms with Crippen molar-refractivity contribution < 1.29 is 24.2 Å². The first-order chi connectivity index (χ1) is 7.93. The Balaban J connectivity index is 4.94. The van der Waals surface area contributed by atoms with Gasteiger partial charge in [0.2, 0.25) is 0 Å². The first-order valence-corrected chi connectivity index (χ1v) is 5.63. The van der Waals surface area contributed by atoms with Crippen LogP contribution in [0.15, 0.2) is 0 Å². The van der Waals surface area contributed by atoms with Crippen LogP contribution in [0.25, 0.3) is 0 Å². The Bertz CT molecular complexity index is 252. The molecule has 0 aliphatic heterocycles. The second kappa shape index (κ2) is 7.37. The van der Waals surface area contributed by atoms with Gasteiger partial charge in [-0.25, -0.2) is 0 Å². The highest BCUT2D eigenvalue weighted by atomic mass is 16.7. The second-order valence-corrected chi connectivity index (χ2v) is 3.78. The van der Waals surface area contributed by atoms with Gasteiger partial charge in [-0.05, 0) is 13.8 Å². The van der Waals surface area contributed by atoms with Gasteiger partial charge in [-0.15, -0.1) is 0 Å². The molecule has 0 aliphatic carbocycles. The Hall–Kier alpha value is -0.980. The van der Waals surface area contributed by atoms with Crippen LogP contribution >= 0.6 is 0 Å². The number of carbonyl (C=O) groups is 2. The normalized spacial score (nSPS) is 16.5. The second-order valence-electron chi connectivity index (χ2n) is 3.78. The van der Waals surface area contributed by atoms with Crippen LogP contribution in [-0.2, 0) is 19.1 Å². The Morgan fingerprint density at radius 3 is 2.18 bits per heavy atom. The maximum Gasteiger partial charge on any atom is 0.324 e. The molecule has 0 aliphatic rings. The molecule has 2 unspecified atom stereocenters. The van der Waals surface area contributed by atoms with E-state index in [1.807, 2.05) is 0 Å². The van der Waals surface area contributed by atoms with Gasteiger partial charge in [0.05, 0.1) is 0 Å². The van der Waals surface area contributed by atoms with E-state index in [1.165, 1.54) is 0 Å². The molecule has 6 nitrogen and oxygen atoms in total. The average molecular weight is 247 g/mol. The van der Waals surface area contributed by atoms with Gasteiger partial charge >= 0.3 is 5.97 Å². The summed E-state index contributed by atoms with van der Waals surface area (Å²) >= 11 is 0. The molecule has 0 heterocycles. The van der Waals surface area contributed by atoms with Crippen molar-refractivity contribution in [3.05, 3.63) is 0 Å². The van der Waals surface area contributed by atoms with Crippen LogP contribution < -0.4 is 5.73 Å². The lowest BCUT2D eigenvalue weighted by atomic mass is 9.83. The Morgan fingerprint density at radius 1 is 1.41 bits per heavy atom. The Kier molecular flexibility index (Phi) is 6.94. The first-order valence-electron chi connectivity index (χ1n) is 5.63. The molecular formula is C11H21NO5. The third kappa shape index (κ3) is 4.07. The van der Waals surface area contributed by atoms with Crippen molar-refractivity contribution in [2.24, 2.45) is 11.7 Å². The number of hydrogen-bond donors (Lipinski definition) is 2. The molecule has 0 rings (SSSR count). The molecule has 6 heteroatoms. The molecular weight excluding hydrogens is 226 g/mol. The van der Waals surface area contributed by atoms with E-state index in [0.717, 1.165) is 0 Å². The molecule has 0 aromatic rings. The van der Waals surface area contributed by atoms with Gasteiger partial charge in [0.1, 0.15) is 11.8 Å². The summed E-state index contributed by atoms with van der Waals surface area (Å²) < 4.78 is 10.6. The number of carbonyl (C=O) groups excluding carboxylic acids is 1. The van der Waals surface area contributed by atoms with Gasteiger partial charge < -0.3 is 25.1 Å². The summed E-state index contributed by atoms with van der Waals surface area (Å²) in [5, 5.41) is 9.12. The number of carboxylic acids is 1. The predicted molar refractivity (Wildman–Crippen MR) is 61.4 cm³/mol. The van der Waals surface area contributed by atoms with E-state index < -0.39 is 23.7 Å². The molecule has 0 radical (unpaired) electrons. The Morgan fingerprint density at radius 2 is 1.88 bits per heavy atom. The maximum atomic E-state index is 11.2. The summed E-state index contributed by atoms with van der Waals surface area (Å²) in [6, 6.07) is 0. The fourth-order valence-electron chi connectivity index (χ4n) is 1.51. The van der Waals surface area contributed by atoms with Gasteiger partial charge in [0, 0.05) is 25.6 Å². The first kappa shape index (κ1) is 16.0. The molecule has 2 atom stereocenters. The number of nitrogens with two attached hydrogens (primary N) is 1. The number of aldehydes is 1. The summed E-state index contributed by atoms with van der Waals surface area (Å²) in [6.07, 6.45) is -0.509. The summed E-state index contributed by atoms with van der Waals surface area (Å²) in [7, 11) is 0. The lowest BCUT2D eigenvalue weighted by Gasteiger charge is -2.34. The topological polar surface area (TPSA) is 98.9 Å². The third-order valence-corrected chi connectivity index (χ3v) is 2.70. The lowest BCUT2D eigenvalue weighted by Crippen LogP contribution is -2.57. The molecule has 100 valence electrons. The molecule has 0 saturated heterocycles. The third-order valence-electron chi connectivity index (χ3n) is 2.70. The van der Waals surface area contributed by atoms with Gasteiger partial charge in [-0.3, -0.25) is 4.79 Å². The van der Waals surface area contributed by atoms with Crippen molar-refractivity contribution in [1.82, 2.24) is 0 Å². The van der Waals surface area contributed by atoms with Crippen molar-refractivity contribution in [3.63, 3.8) is 0 Å². The number of ether oxygens (including phenoxy) is 2. The molecule has 0 amide bonds. The highest BCUT2D eigenvalue weighted by molar-refractivity contribution is 5.82. The zero-order chi connectivity index (χ0) is 13.5. The monoisotopic (exact) mass is 247 g/mol. The molecule has 0 saturated carbocycles. The van der Waals surface area contributed by atoms with Crippen molar-refractivity contribution in [2.45, 2.75) is 39.0 Å². The largest absolute Gasteiger partial charge is 0.480 e. The van der Waals surface area contributed by atoms with E-state index in [0.29, 0.717) is 19.5 Å². The minimum atomic E-state index is -1.67. The standard InChI is InChI=1S/C11H21NO5/c1-4-16-9(17-5-2)8(3)11(12,6-7-13)10(14)15/h7-9H,4-6,12H2,1-3H3,(H,14,15).